The highest BCUT2D eigenvalue weighted by molar-refractivity contribution is 6.05. The van der Waals surface area contributed by atoms with Crippen LogP contribution < -0.4 is 15.5 Å². The average Bonchev–Trinajstić information content (AvgIpc) is 2.84. The van der Waals surface area contributed by atoms with Crippen LogP contribution in [0.4, 0.5) is 15.8 Å². The first-order valence-electron chi connectivity index (χ1n) is 9.25. The van der Waals surface area contributed by atoms with Gasteiger partial charge in [-0.3, -0.25) is 19.2 Å². The fraction of sp³-hybridized carbons (Fsp3) is 0.238. The van der Waals surface area contributed by atoms with Crippen molar-refractivity contribution in [2.75, 3.05) is 23.4 Å². The summed E-state index contributed by atoms with van der Waals surface area (Å²) in [6, 6.07) is 11.3. The van der Waals surface area contributed by atoms with E-state index in [0.717, 1.165) is 12.1 Å². The minimum Gasteiger partial charge on any atom is -0.454 e. The van der Waals surface area contributed by atoms with Gasteiger partial charge in [-0.25, -0.2) is 4.39 Å². The van der Waals surface area contributed by atoms with Crippen LogP contribution in [0, 0.1) is 5.82 Å². The Balaban J connectivity index is 1.57. The number of rotatable bonds is 5. The van der Waals surface area contributed by atoms with Crippen molar-refractivity contribution in [2.45, 2.75) is 19.4 Å². The Morgan fingerprint density at radius 3 is 2.60 bits per heavy atom. The molecule has 2 aromatic carbocycles. The van der Waals surface area contributed by atoms with Gasteiger partial charge >= 0.3 is 5.97 Å². The van der Waals surface area contributed by atoms with Gasteiger partial charge in [0.05, 0.1) is 11.4 Å². The molecule has 0 bridgehead atoms. The van der Waals surface area contributed by atoms with Crippen LogP contribution >= 0.6 is 0 Å². The molecule has 0 saturated carbocycles. The van der Waals surface area contributed by atoms with Crippen molar-refractivity contribution in [1.82, 2.24) is 5.32 Å². The number of nitrogens with one attached hydrogen (secondary N) is 2. The zero-order valence-corrected chi connectivity index (χ0v) is 16.2. The van der Waals surface area contributed by atoms with Crippen molar-refractivity contribution in [1.29, 1.82) is 0 Å². The zero-order valence-electron chi connectivity index (χ0n) is 16.2. The van der Waals surface area contributed by atoms with E-state index in [9.17, 15) is 23.6 Å². The van der Waals surface area contributed by atoms with Gasteiger partial charge < -0.3 is 20.3 Å². The number of fused-ring (bicyclic) bond motifs is 1. The fourth-order valence-corrected chi connectivity index (χ4v) is 3.09. The lowest BCUT2D eigenvalue weighted by Gasteiger charge is -2.27. The number of ether oxygens (including phenoxy) is 1. The summed E-state index contributed by atoms with van der Waals surface area (Å²) in [6.07, 6.45) is 0.0993. The maximum atomic E-state index is 12.9. The normalized spacial score (nSPS) is 15.5. The van der Waals surface area contributed by atoms with E-state index in [1.165, 1.54) is 17.0 Å². The van der Waals surface area contributed by atoms with Gasteiger partial charge in [0, 0.05) is 18.0 Å². The lowest BCUT2D eigenvalue weighted by molar-refractivity contribution is -0.146. The molecule has 0 saturated heterocycles. The van der Waals surface area contributed by atoms with Crippen LogP contribution in [-0.2, 0) is 19.1 Å². The molecule has 2 N–H and O–H groups in total. The molecule has 1 aliphatic heterocycles. The molecule has 3 amide bonds. The maximum Gasteiger partial charge on any atom is 0.325 e. The van der Waals surface area contributed by atoms with E-state index in [2.05, 4.69) is 10.6 Å². The van der Waals surface area contributed by atoms with Crippen LogP contribution in [0.5, 0.6) is 0 Å². The first-order valence-corrected chi connectivity index (χ1v) is 9.25. The van der Waals surface area contributed by atoms with Crippen molar-refractivity contribution < 1.29 is 28.3 Å². The van der Waals surface area contributed by atoms with Gasteiger partial charge in [0.1, 0.15) is 12.4 Å². The third-order valence-corrected chi connectivity index (χ3v) is 4.48. The molecule has 0 aliphatic carbocycles. The van der Waals surface area contributed by atoms with Gasteiger partial charge in [0.2, 0.25) is 5.91 Å². The molecular weight excluding hydrogens is 393 g/mol. The predicted octanol–water partition coefficient (Wildman–Crippen LogP) is 1.86. The van der Waals surface area contributed by atoms with Crippen molar-refractivity contribution >= 4 is 35.1 Å². The second-order valence-corrected chi connectivity index (χ2v) is 6.73. The Hall–Kier alpha value is -3.75. The van der Waals surface area contributed by atoms with Crippen LogP contribution in [0.2, 0.25) is 0 Å². The molecule has 0 spiro atoms. The van der Waals surface area contributed by atoms with Gasteiger partial charge in [0.15, 0.2) is 6.61 Å². The summed E-state index contributed by atoms with van der Waals surface area (Å²) in [6.45, 7) is 0.734. The molecule has 156 valence electrons. The number of anilines is 2. The zero-order chi connectivity index (χ0) is 21.7. The molecule has 8 nitrogen and oxygen atoms in total. The van der Waals surface area contributed by atoms with Gasteiger partial charge in [-0.2, -0.15) is 0 Å². The quantitative estimate of drug-likeness (QED) is 0.728. The molecule has 1 heterocycles. The highest BCUT2D eigenvalue weighted by Crippen LogP contribution is 2.31. The van der Waals surface area contributed by atoms with Crippen LogP contribution in [0.3, 0.4) is 0 Å². The topological polar surface area (TPSA) is 105 Å². The van der Waals surface area contributed by atoms with Crippen molar-refractivity contribution in [3.05, 3.63) is 59.9 Å². The molecule has 9 heteroatoms. The number of hydrogen-bond acceptors (Lipinski definition) is 5. The molecule has 0 unspecified atom stereocenters. The summed E-state index contributed by atoms with van der Waals surface area (Å²) in [5, 5.41) is 5.09. The van der Waals surface area contributed by atoms with E-state index in [1.54, 1.807) is 31.2 Å². The van der Waals surface area contributed by atoms with Crippen LogP contribution in [0.25, 0.3) is 0 Å². The monoisotopic (exact) mass is 413 g/mol. The number of carbonyl (C=O) groups is 4. The smallest absolute Gasteiger partial charge is 0.325 e. The summed E-state index contributed by atoms with van der Waals surface area (Å²) < 4.78 is 17.9. The fourth-order valence-electron chi connectivity index (χ4n) is 3.09. The molecule has 0 aromatic heterocycles. The highest BCUT2D eigenvalue weighted by atomic mass is 19.1. The van der Waals surface area contributed by atoms with E-state index in [4.69, 9.17) is 4.74 Å². The second-order valence-electron chi connectivity index (χ2n) is 6.73. The molecular formula is C21H20FN3O5. The summed E-state index contributed by atoms with van der Waals surface area (Å²) in [7, 11) is 0. The number of nitrogens with zero attached hydrogens (tertiary/aromatic N) is 1. The Morgan fingerprint density at radius 2 is 1.87 bits per heavy atom. The minimum absolute atomic E-state index is 0.0993. The molecule has 30 heavy (non-hydrogen) atoms. The molecule has 0 radical (unpaired) electrons. The lowest BCUT2D eigenvalue weighted by atomic mass is 10.1. The largest absolute Gasteiger partial charge is 0.454 e. The van der Waals surface area contributed by atoms with Gasteiger partial charge in [-0.05, 0) is 43.3 Å². The first kappa shape index (κ1) is 21.0. The number of para-hydroxylation sites is 2. The predicted molar refractivity (Wildman–Crippen MR) is 106 cm³/mol. The Kier molecular flexibility index (Phi) is 6.41. The van der Waals surface area contributed by atoms with Gasteiger partial charge in [0.25, 0.3) is 11.8 Å². The molecule has 0 fully saturated rings. The molecule has 1 atom stereocenters. The summed E-state index contributed by atoms with van der Waals surface area (Å²) >= 11 is 0. The van der Waals surface area contributed by atoms with E-state index in [-0.39, 0.29) is 17.9 Å². The number of esters is 1. The maximum absolute atomic E-state index is 12.9. The molecule has 1 aliphatic rings. The Bertz CT molecular complexity index is 977. The third-order valence-electron chi connectivity index (χ3n) is 4.48. The van der Waals surface area contributed by atoms with E-state index in [1.807, 2.05) is 0 Å². The van der Waals surface area contributed by atoms with Crippen molar-refractivity contribution in [3.63, 3.8) is 0 Å². The molecule has 2 aromatic rings. The highest BCUT2D eigenvalue weighted by Gasteiger charge is 2.30. The number of amides is 3. The summed E-state index contributed by atoms with van der Waals surface area (Å²) in [4.78, 5) is 50.0. The summed E-state index contributed by atoms with van der Waals surface area (Å²) in [5.74, 6) is -2.57. The number of carbonyl (C=O) groups excluding carboxylic acids is 4. The Labute approximate surface area is 172 Å². The van der Waals surface area contributed by atoms with Crippen LogP contribution in [0.1, 0.15) is 23.7 Å². The lowest BCUT2D eigenvalue weighted by Crippen LogP contribution is -2.42. The van der Waals surface area contributed by atoms with Crippen LogP contribution in [-0.4, -0.2) is 42.9 Å². The van der Waals surface area contributed by atoms with E-state index in [0.29, 0.717) is 11.4 Å². The van der Waals surface area contributed by atoms with Crippen molar-refractivity contribution in [3.8, 4) is 0 Å². The average molecular weight is 413 g/mol. The standard InChI is InChI=1S/C21H20FN3O5/c1-13-10-18(26)24-16-4-2-3-5-17(16)25(13)19(27)12-30-20(28)11-23-21(29)14-6-8-15(22)9-7-14/h2-9,13H,10-12H2,1H3,(H,23,29)(H,24,26)/t13-/m1/s1. The molecule has 3 rings (SSSR count). The van der Waals surface area contributed by atoms with E-state index >= 15 is 0 Å². The van der Waals surface area contributed by atoms with Crippen LogP contribution in [0.15, 0.2) is 48.5 Å². The summed E-state index contributed by atoms with van der Waals surface area (Å²) in [5.41, 5.74) is 1.20. The third kappa shape index (κ3) is 4.99. The second kappa shape index (κ2) is 9.17. The number of hydrogen-bond donors (Lipinski definition) is 2. The van der Waals surface area contributed by atoms with Gasteiger partial charge in [-0.1, -0.05) is 12.1 Å². The Morgan fingerprint density at radius 1 is 1.17 bits per heavy atom. The van der Waals surface area contributed by atoms with E-state index < -0.39 is 42.8 Å². The van der Waals surface area contributed by atoms with Gasteiger partial charge in [-0.15, -0.1) is 0 Å². The minimum atomic E-state index is -0.802. The first-order chi connectivity index (χ1) is 14.3. The number of halogens is 1. The van der Waals surface area contributed by atoms with Crippen molar-refractivity contribution in [2.24, 2.45) is 0 Å². The number of benzene rings is 2. The SMILES string of the molecule is C[C@@H]1CC(=O)Nc2ccccc2N1C(=O)COC(=O)CNC(=O)c1ccc(F)cc1.